The third-order valence-corrected chi connectivity index (χ3v) is 2.51. The lowest BCUT2D eigenvalue weighted by atomic mass is 10.2. The van der Waals surface area contributed by atoms with E-state index in [4.69, 9.17) is 0 Å². The van der Waals surface area contributed by atoms with Gasteiger partial charge in [-0.05, 0) is 50.8 Å². The quantitative estimate of drug-likeness (QED) is 0.715. The molecule has 2 nitrogen and oxygen atoms in total. The van der Waals surface area contributed by atoms with Crippen LogP contribution in [0.5, 0.6) is 0 Å². The van der Waals surface area contributed by atoms with Crippen molar-refractivity contribution in [1.82, 2.24) is 10.2 Å². The molecule has 1 aromatic carbocycles. The molecule has 16 heavy (non-hydrogen) atoms. The van der Waals surface area contributed by atoms with E-state index >= 15 is 0 Å². The monoisotopic (exact) mass is 224 g/mol. The van der Waals surface area contributed by atoms with Crippen LogP contribution in [-0.4, -0.2) is 31.6 Å². The van der Waals surface area contributed by atoms with E-state index in [0.29, 0.717) is 0 Å². The summed E-state index contributed by atoms with van der Waals surface area (Å²) in [7, 11) is 2.09. The Bertz CT molecular complexity index is 284. The van der Waals surface area contributed by atoms with Gasteiger partial charge in [0, 0.05) is 6.54 Å². The van der Waals surface area contributed by atoms with Gasteiger partial charge in [0.1, 0.15) is 5.82 Å². The molecule has 0 aliphatic carbocycles. The van der Waals surface area contributed by atoms with E-state index in [1.165, 1.54) is 12.1 Å². The van der Waals surface area contributed by atoms with Crippen molar-refractivity contribution in [1.29, 1.82) is 0 Å². The van der Waals surface area contributed by atoms with E-state index in [2.05, 4.69) is 24.2 Å². The van der Waals surface area contributed by atoms with Gasteiger partial charge in [-0.1, -0.05) is 19.1 Å². The molecule has 0 bridgehead atoms. The van der Waals surface area contributed by atoms with Crippen LogP contribution in [0.1, 0.15) is 18.9 Å². The van der Waals surface area contributed by atoms with Gasteiger partial charge >= 0.3 is 0 Å². The summed E-state index contributed by atoms with van der Waals surface area (Å²) in [5, 5.41) is 3.30. The van der Waals surface area contributed by atoms with Crippen molar-refractivity contribution in [3.8, 4) is 0 Å². The van der Waals surface area contributed by atoms with Crippen LogP contribution >= 0.6 is 0 Å². The van der Waals surface area contributed by atoms with Gasteiger partial charge in [-0.2, -0.15) is 0 Å². The number of benzene rings is 1. The highest BCUT2D eigenvalue weighted by molar-refractivity contribution is 5.15. The Morgan fingerprint density at radius 2 is 1.94 bits per heavy atom. The third kappa shape index (κ3) is 5.24. The zero-order chi connectivity index (χ0) is 11.8. The molecule has 0 unspecified atom stereocenters. The van der Waals surface area contributed by atoms with Gasteiger partial charge in [-0.3, -0.25) is 0 Å². The van der Waals surface area contributed by atoms with Gasteiger partial charge in [0.25, 0.3) is 0 Å². The minimum Gasteiger partial charge on any atom is -0.317 e. The second-order valence-corrected chi connectivity index (χ2v) is 4.07. The Labute approximate surface area is 97.5 Å². The highest BCUT2D eigenvalue weighted by Gasteiger charge is 2.00. The predicted octanol–water partition coefficient (Wildman–Crippen LogP) is 2.26. The molecule has 0 atom stereocenters. The minimum atomic E-state index is -0.168. The van der Waals surface area contributed by atoms with E-state index in [0.717, 1.165) is 38.2 Å². The molecular formula is C13H21FN2. The number of hydrogen-bond donors (Lipinski definition) is 1. The molecular weight excluding hydrogens is 203 g/mol. The Morgan fingerprint density at radius 1 is 1.25 bits per heavy atom. The number of hydrogen-bond acceptors (Lipinski definition) is 2. The Kier molecular flexibility index (Phi) is 6.04. The lowest BCUT2D eigenvalue weighted by molar-refractivity contribution is 0.320. The van der Waals surface area contributed by atoms with E-state index < -0.39 is 0 Å². The fourth-order valence-electron chi connectivity index (χ4n) is 1.63. The molecule has 0 saturated heterocycles. The van der Waals surface area contributed by atoms with Crippen LogP contribution in [0.25, 0.3) is 0 Å². The zero-order valence-corrected chi connectivity index (χ0v) is 10.2. The maximum atomic E-state index is 12.7. The van der Waals surface area contributed by atoms with Gasteiger partial charge in [-0.15, -0.1) is 0 Å². The molecule has 1 N–H and O–H groups in total. The topological polar surface area (TPSA) is 15.3 Å². The first-order valence-electron chi connectivity index (χ1n) is 5.86. The van der Waals surface area contributed by atoms with Gasteiger partial charge in [0.05, 0.1) is 0 Å². The molecule has 1 aromatic rings. The van der Waals surface area contributed by atoms with Crippen molar-refractivity contribution in [2.45, 2.75) is 19.9 Å². The molecule has 0 aromatic heterocycles. The molecule has 3 heteroatoms. The average Bonchev–Trinajstić information content (AvgIpc) is 2.28. The molecule has 0 heterocycles. The molecule has 90 valence electrons. The first kappa shape index (κ1) is 13.1. The van der Waals surface area contributed by atoms with Crippen LogP contribution in [0, 0.1) is 5.82 Å². The lowest BCUT2D eigenvalue weighted by Crippen LogP contribution is -2.23. The minimum absolute atomic E-state index is 0.168. The number of halogens is 1. The molecule has 0 aliphatic heterocycles. The smallest absolute Gasteiger partial charge is 0.123 e. The van der Waals surface area contributed by atoms with E-state index in [-0.39, 0.29) is 5.82 Å². The number of nitrogens with one attached hydrogen (secondary N) is 1. The predicted molar refractivity (Wildman–Crippen MR) is 65.9 cm³/mol. The summed E-state index contributed by atoms with van der Waals surface area (Å²) in [6.45, 7) is 6.14. The summed E-state index contributed by atoms with van der Waals surface area (Å²) >= 11 is 0. The molecule has 0 fully saturated rings. The largest absolute Gasteiger partial charge is 0.317 e. The summed E-state index contributed by atoms with van der Waals surface area (Å²) in [5.41, 5.74) is 1.16. The first-order chi connectivity index (χ1) is 7.72. The second-order valence-electron chi connectivity index (χ2n) is 4.07. The van der Waals surface area contributed by atoms with E-state index in [1.54, 1.807) is 0 Å². The SMILES string of the molecule is CCNCCCN(C)Cc1ccc(F)cc1. The molecule has 0 saturated carbocycles. The fourth-order valence-corrected chi connectivity index (χ4v) is 1.63. The highest BCUT2D eigenvalue weighted by atomic mass is 19.1. The summed E-state index contributed by atoms with van der Waals surface area (Å²) in [6.07, 6.45) is 1.14. The number of rotatable bonds is 7. The van der Waals surface area contributed by atoms with Crippen molar-refractivity contribution in [3.05, 3.63) is 35.6 Å². The van der Waals surface area contributed by atoms with E-state index in [1.807, 2.05) is 12.1 Å². The van der Waals surface area contributed by atoms with Crippen molar-refractivity contribution in [3.63, 3.8) is 0 Å². The van der Waals surface area contributed by atoms with E-state index in [9.17, 15) is 4.39 Å². The fraction of sp³-hybridized carbons (Fsp3) is 0.538. The average molecular weight is 224 g/mol. The van der Waals surface area contributed by atoms with Crippen molar-refractivity contribution in [2.75, 3.05) is 26.7 Å². The van der Waals surface area contributed by atoms with Gasteiger partial charge in [-0.25, -0.2) is 4.39 Å². The highest BCUT2D eigenvalue weighted by Crippen LogP contribution is 2.05. The molecule has 1 rings (SSSR count). The Morgan fingerprint density at radius 3 is 2.56 bits per heavy atom. The summed E-state index contributed by atoms with van der Waals surface area (Å²) in [5.74, 6) is -0.168. The Hall–Kier alpha value is -0.930. The second kappa shape index (κ2) is 7.36. The normalized spacial score (nSPS) is 11.0. The molecule has 0 spiro atoms. The van der Waals surface area contributed by atoms with Crippen LogP contribution in [-0.2, 0) is 6.54 Å². The molecule has 0 aliphatic rings. The van der Waals surface area contributed by atoms with Crippen molar-refractivity contribution >= 4 is 0 Å². The standard InChI is InChI=1S/C13H21FN2/c1-3-15-9-4-10-16(2)11-12-5-7-13(14)8-6-12/h5-8,15H,3-4,9-11H2,1-2H3. The zero-order valence-electron chi connectivity index (χ0n) is 10.2. The van der Waals surface area contributed by atoms with Crippen LogP contribution in [0.4, 0.5) is 4.39 Å². The van der Waals surface area contributed by atoms with Crippen LogP contribution in [0.2, 0.25) is 0 Å². The van der Waals surface area contributed by atoms with Crippen LogP contribution in [0.15, 0.2) is 24.3 Å². The van der Waals surface area contributed by atoms with Crippen molar-refractivity contribution < 1.29 is 4.39 Å². The Balaban J connectivity index is 2.23. The maximum Gasteiger partial charge on any atom is 0.123 e. The first-order valence-corrected chi connectivity index (χ1v) is 5.86. The van der Waals surface area contributed by atoms with Crippen molar-refractivity contribution in [2.24, 2.45) is 0 Å². The summed E-state index contributed by atoms with van der Waals surface area (Å²) in [6, 6.07) is 6.72. The summed E-state index contributed by atoms with van der Waals surface area (Å²) in [4.78, 5) is 2.25. The lowest BCUT2D eigenvalue weighted by Gasteiger charge is -2.16. The summed E-state index contributed by atoms with van der Waals surface area (Å²) < 4.78 is 12.7. The third-order valence-electron chi connectivity index (χ3n) is 2.51. The van der Waals surface area contributed by atoms with Gasteiger partial charge in [0.15, 0.2) is 0 Å². The van der Waals surface area contributed by atoms with Crippen LogP contribution < -0.4 is 5.32 Å². The van der Waals surface area contributed by atoms with Crippen LogP contribution in [0.3, 0.4) is 0 Å². The molecule has 0 radical (unpaired) electrons. The number of nitrogens with zero attached hydrogens (tertiary/aromatic N) is 1. The van der Waals surface area contributed by atoms with Gasteiger partial charge < -0.3 is 10.2 Å². The van der Waals surface area contributed by atoms with Gasteiger partial charge in [0.2, 0.25) is 0 Å². The molecule has 0 amide bonds. The maximum absolute atomic E-state index is 12.7.